The maximum Gasteiger partial charge on any atom is 0.410 e. The molecular formula is C14H20N2O2. The van der Waals surface area contributed by atoms with E-state index in [2.05, 4.69) is 0 Å². The molecule has 4 nitrogen and oxygen atoms in total. The fourth-order valence-corrected chi connectivity index (χ4v) is 2.28. The Labute approximate surface area is 108 Å². The zero-order valence-corrected chi connectivity index (χ0v) is 10.5. The van der Waals surface area contributed by atoms with Crippen LogP contribution >= 0.6 is 0 Å². The van der Waals surface area contributed by atoms with Crippen LogP contribution in [0.1, 0.15) is 18.4 Å². The van der Waals surface area contributed by atoms with E-state index in [1.54, 1.807) is 4.90 Å². The molecule has 0 radical (unpaired) electrons. The standard InChI is InChI=1S/C14H20N2O2/c15-8-6-12-7-9-16(10-12)14(17)18-11-13-4-2-1-3-5-13/h1-5,12H,6-11,15H2/t12-/m0/s1. The van der Waals surface area contributed by atoms with E-state index in [1.807, 2.05) is 30.3 Å². The molecular weight excluding hydrogens is 228 g/mol. The molecule has 0 aliphatic carbocycles. The summed E-state index contributed by atoms with van der Waals surface area (Å²) >= 11 is 0. The molecule has 1 aromatic rings. The van der Waals surface area contributed by atoms with Crippen molar-refractivity contribution in [1.29, 1.82) is 0 Å². The minimum absolute atomic E-state index is 0.210. The minimum Gasteiger partial charge on any atom is -0.445 e. The number of ether oxygens (including phenoxy) is 1. The Morgan fingerprint density at radius 1 is 1.39 bits per heavy atom. The second kappa shape index (κ2) is 6.40. The molecule has 1 atom stereocenters. The van der Waals surface area contributed by atoms with Crippen LogP contribution in [0.5, 0.6) is 0 Å². The Hall–Kier alpha value is -1.55. The lowest BCUT2D eigenvalue weighted by Crippen LogP contribution is -2.29. The molecule has 0 saturated carbocycles. The second-order valence-corrected chi connectivity index (χ2v) is 4.72. The lowest BCUT2D eigenvalue weighted by atomic mass is 10.1. The van der Waals surface area contributed by atoms with Crippen LogP contribution < -0.4 is 5.73 Å². The maximum atomic E-state index is 11.8. The molecule has 2 N–H and O–H groups in total. The van der Waals surface area contributed by atoms with Crippen molar-refractivity contribution in [3.63, 3.8) is 0 Å². The quantitative estimate of drug-likeness (QED) is 0.886. The van der Waals surface area contributed by atoms with Crippen LogP contribution in [0.3, 0.4) is 0 Å². The highest BCUT2D eigenvalue weighted by Gasteiger charge is 2.26. The Kier molecular flexibility index (Phi) is 4.59. The predicted molar refractivity (Wildman–Crippen MR) is 70.0 cm³/mol. The minimum atomic E-state index is -0.210. The lowest BCUT2D eigenvalue weighted by molar-refractivity contribution is 0.103. The zero-order valence-electron chi connectivity index (χ0n) is 10.5. The van der Waals surface area contributed by atoms with Gasteiger partial charge in [0.25, 0.3) is 0 Å². The largest absolute Gasteiger partial charge is 0.445 e. The highest BCUT2D eigenvalue weighted by Crippen LogP contribution is 2.19. The number of amides is 1. The Morgan fingerprint density at radius 3 is 2.89 bits per heavy atom. The van der Waals surface area contributed by atoms with Gasteiger partial charge in [-0.05, 0) is 30.9 Å². The van der Waals surface area contributed by atoms with Gasteiger partial charge in [-0.15, -0.1) is 0 Å². The summed E-state index contributed by atoms with van der Waals surface area (Å²) in [5.41, 5.74) is 6.55. The summed E-state index contributed by atoms with van der Waals surface area (Å²) in [5, 5.41) is 0. The summed E-state index contributed by atoms with van der Waals surface area (Å²) in [6.45, 7) is 2.61. The van der Waals surface area contributed by atoms with Gasteiger partial charge in [0.2, 0.25) is 0 Å². The third-order valence-electron chi connectivity index (χ3n) is 3.32. The fourth-order valence-electron chi connectivity index (χ4n) is 2.28. The molecule has 1 aliphatic heterocycles. The summed E-state index contributed by atoms with van der Waals surface area (Å²) in [6.07, 6.45) is 1.82. The van der Waals surface area contributed by atoms with Gasteiger partial charge in [0.15, 0.2) is 0 Å². The third kappa shape index (κ3) is 3.47. The number of nitrogens with two attached hydrogens (primary N) is 1. The number of benzene rings is 1. The first-order valence-electron chi connectivity index (χ1n) is 6.45. The van der Waals surface area contributed by atoms with Crippen LogP contribution in [0.4, 0.5) is 4.79 Å². The van der Waals surface area contributed by atoms with E-state index in [9.17, 15) is 4.79 Å². The van der Waals surface area contributed by atoms with E-state index in [-0.39, 0.29) is 6.09 Å². The second-order valence-electron chi connectivity index (χ2n) is 4.72. The van der Waals surface area contributed by atoms with E-state index >= 15 is 0 Å². The number of hydrogen-bond acceptors (Lipinski definition) is 3. The number of rotatable bonds is 4. The number of hydrogen-bond donors (Lipinski definition) is 1. The average Bonchev–Trinajstić information content (AvgIpc) is 2.86. The van der Waals surface area contributed by atoms with E-state index in [1.165, 1.54) is 0 Å². The molecule has 1 saturated heterocycles. The summed E-state index contributed by atoms with van der Waals surface area (Å²) in [7, 11) is 0. The van der Waals surface area contributed by atoms with Gasteiger partial charge in [-0.3, -0.25) is 0 Å². The average molecular weight is 248 g/mol. The van der Waals surface area contributed by atoms with Crippen LogP contribution in [-0.2, 0) is 11.3 Å². The molecule has 0 aromatic heterocycles. The first kappa shape index (κ1) is 12.9. The van der Waals surface area contributed by atoms with Crippen molar-refractivity contribution in [2.45, 2.75) is 19.4 Å². The summed E-state index contributed by atoms with van der Waals surface area (Å²) in [6, 6.07) is 9.73. The van der Waals surface area contributed by atoms with Crippen molar-refractivity contribution in [1.82, 2.24) is 4.90 Å². The van der Waals surface area contributed by atoms with Crippen LogP contribution in [0.15, 0.2) is 30.3 Å². The van der Waals surface area contributed by atoms with E-state index < -0.39 is 0 Å². The van der Waals surface area contributed by atoms with Crippen molar-refractivity contribution in [3.8, 4) is 0 Å². The molecule has 1 aromatic carbocycles. The summed E-state index contributed by atoms with van der Waals surface area (Å²) < 4.78 is 5.29. The maximum absolute atomic E-state index is 11.8. The SMILES string of the molecule is NCC[C@H]1CCN(C(=O)OCc2ccccc2)C1. The smallest absolute Gasteiger partial charge is 0.410 e. The third-order valence-corrected chi connectivity index (χ3v) is 3.32. The van der Waals surface area contributed by atoms with Crippen LogP contribution in [-0.4, -0.2) is 30.6 Å². The van der Waals surface area contributed by atoms with Crippen LogP contribution in [0.25, 0.3) is 0 Å². The molecule has 0 bridgehead atoms. The van der Waals surface area contributed by atoms with E-state index in [0.717, 1.165) is 31.5 Å². The predicted octanol–water partition coefficient (Wildman–Crippen LogP) is 1.99. The van der Waals surface area contributed by atoms with Gasteiger partial charge in [-0.25, -0.2) is 4.79 Å². The lowest BCUT2D eigenvalue weighted by Gasteiger charge is -2.16. The zero-order chi connectivity index (χ0) is 12.8. The normalized spacial score (nSPS) is 18.9. The topological polar surface area (TPSA) is 55.6 Å². The first-order chi connectivity index (χ1) is 8.79. The van der Waals surface area contributed by atoms with Gasteiger partial charge < -0.3 is 15.4 Å². The summed E-state index contributed by atoms with van der Waals surface area (Å²) in [4.78, 5) is 13.6. The highest BCUT2D eigenvalue weighted by molar-refractivity contribution is 5.68. The van der Waals surface area contributed by atoms with Gasteiger partial charge in [0.1, 0.15) is 6.61 Å². The van der Waals surface area contributed by atoms with Gasteiger partial charge in [-0.1, -0.05) is 30.3 Å². The molecule has 1 aliphatic rings. The molecule has 98 valence electrons. The van der Waals surface area contributed by atoms with E-state index in [4.69, 9.17) is 10.5 Å². The Bertz CT molecular complexity index is 381. The number of nitrogens with zero attached hydrogens (tertiary/aromatic N) is 1. The highest BCUT2D eigenvalue weighted by atomic mass is 16.6. The van der Waals surface area contributed by atoms with Crippen molar-refractivity contribution in [3.05, 3.63) is 35.9 Å². The van der Waals surface area contributed by atoms with Gasteiger partial charge in [0, 0.05) is 13.1 Å². The van der Waals surface area contributed by atoms with Crippen molar-refractivity contribution in [2.24, 2.45) is 11.7 Å². The van der Waals surface area contributed by atoms with Crippen molar-refractivity contribution >= 4 is 6.09 Å². The van der Waals surface area contributed by atoms with Crippen molar-refractivity contribution < 1.29 is 9.53 Å². The number of likely N-dealkylation sites (tertiary alicyclic amines) is 1. The molecule has 1 heterocycles. The van der Waals surface area contributed by atoms with Crippen molar-refractivity contribution in [2.75, 3.05) is 19.6 Å². The van der Waals surface area contributed by atoms with Gasteiger partial charge in [0.05, 0.1) is 0 Å². The Balaban J connectivity index is 1.76. The van der Waals surface area contributed by atoms with Gasteiger partial charge in [-0.2, -0.15) is 0 Å². The molecule has 4 heteroatoms. The number of carbonyl (C=O) groups is 1. The molecule has 2 rings (SSSR count). The molecule has 18 heavy (non-hydrogen) atoms. The molecule has 0 unspecified atom stereocenters. The molecule has 1 amide bonds. The van der Waals surface area contributed by atoms with Crippen LogP contribution in [0.2, 0.25) is 0 Å². The van der Waals surface area contributed by atoms with Gasteiger partial charge >= 0.3 is 6.09 Å². The summed E-state index contributed by atoms with van der Waals surface area (Å²) in [5.74, 6) is 0.541. The fraction of sp³-hybridized carbons (Fsp3) is 0.500. The Morgan fingerprint density at radius 2 is 2.17 bits per heavy atom. The first-order valence-corrected chi connectivity index (χ1v) is 6.45. The molecule has 0 spiro atoms. The number of carbonyl (C=O) groups excluding carboxylic acids is 1. The van der Waals surface area contributed by atoms with Crippen LogP contribution in [0, 0.1) is 5.92 Å². The molecule has 1 fully saturated rings. The monoisotopic (exact) mass is 248 g/mol. The van der Waals surface area contributed by atoms with E-state index in [0.29, 0.717) is 19.1 Å².